The Balaban J connectivity index is 1.85. The molecule has 136 valence electrons. The lowest BCUT2D eigenvalue weighted by Crippen LogP contribution is -2.29. The van der Waals surface area contributed by atoms with Crippen molar-refractivity contribution in [2.45, 2.75) is 52.7 Å². The molecule has 2 aromatic rings. The molecule has 8 heteroatoms. The first-order valence-corrected chi connectivity index (χ1v) is 9.65. The molecule has 1 N–H and O–H groups in total. The number of hydrogen-bond acceptors (Lipinski definition) is 6. The normalized spacial score (nSPS) is 18.3. The summed E-state index contributed by atoms with van der Waals surface area (Å²) in [6, 6.07) is 3.81. The number of anilines is 1. The number of carbonyl (C=O) groups is 1. The van der Waals surface area contributed by atoms with Crippen LogP contribution in [0.1, 0.15) is 61.6 Å². The summed E-state index contributed by atoms with van der Waals surface area (Å²) >= 11 is 7.47. The minimum absolute atomic E-state index is 0.103. The zero-order valence-corrected chi connectivity index (χ0v) is 16.3. The molecule has 0 spiro atoms. The fraction of sp³-hybridized carbons (Fsp3) is 0.588. The molecule has 0 amide bonds. The van der Waals surface area contributed by atoms with Gasteiger partial charge in [-0.05, 0) is 31.4 Å². The van der Waals surface area contributed by atoms with Crippen molar-refractivity contribution in [3.8, 4) is 0 Å². The average Bonchev–Trinajstić information content (AvgIpc) is 3.18. The van der Waals surface area contributed by atoms with Crippen molar-refractivity contribution in [1.29, 1.82) is 0 Å². The van der Waals surface area contributed by atoms with Crippen LogP contribution in [0.2, 0.25) is 4.34 Å². The molecule has 3 heterocycles. The number of nitrogens with one attached hydrogen (secondary N) is 1. The summed E-state index contributed by atoms with van der Waals surface area (Å²) in [5.41, 5.74) is -0.555. The Bertz CT molecular complexity index is 744. The van der Waals surface area contributed by atoms with Crippen LogP contribution in [0, 0.1) is 5.41 Å². The van der Waals surface area contributed by atoms with Crippen LogP contribution in [-0.2, 0) is 11.3 Å². The van der Waals surface area contributed by atoms with Crippen molar-refractivity contribution in [2.75, 3.05) is 11.9 Å². The number of rotatable bonds is 4. The van der Waals surface area contributed by atoms with Gasteiger partial charge in [0.25, 0.3) is 5.91 Å². The van der Waals surface area contributed by atoms with Crippen molar-refractivity contribution >= 4 is 34.8 Å². The summed E-state index contributed by atoms with van der Waals surface area (Å²) in [4.78, 5) is 18.4. The highest BCUT2D eigenvalue weighted by Gasteiger charge is 2.30. The molecular weight excluding hydrogens is 360 g/mol. The molecule has 0 radical (unpaired) electrons. The Morgan fingerprint density at radius 2 is 2.24 bits per heavy atom. The van der Waals surface area contributed by atoms with Crippen LogP contribution >= 0.6 is 22.9 Å². The molecule has 0 bridgehead atoms. The summed E-state index contributed by atoms with van der Waals surface area (Å²) < 4.78 is 7.88. The van der Waals surface area contributed by atoms with Gasteiger partial charge in [-0.2, -0.15) is 9.67 Å². The summed E-state index contributed by atoms with van der Waals surface area (Å²) in [6.07, 6.45) is 2.89. The minimum Gasteiger partial charge on any atom is -0.370 e. The Morgan fingerprint density at radius 3 is 2.84 bits per heavy atom. The number of thiophene rings is 1. The Morgan fingerprint density at radius 1 is 1.44 bits per heavy atom. The van der Waals surface area contributed by atoms with Gasteiger partial charge < -0.3 is 10.1 Å². The zero-order valence-electron chi connectivity index (χ0n) is 14.7. The Kier molecular flexibility index (Phi) is 5.46. The SMILES string of the molecule is CC(C)(C)C(=O)n1nc(C2CCCCO2)nc1NCc1ccc(Cl)s1. The monoisotopic (exact) mass is 382 g/mol. The van der Waals surface area contributed by atoms with Crippen LogP contribution in [0.4, 0.5) is 5.95 Å². The lowest BCUT2D eigenvalue weighted by atomic mass is 9.96. The molecule has 3 rings (SSSR count). The van der Waals surface area contributed by atoms with Crippen molar-refractivity contribution < 1.29 is 9.53 Å². The van der Waals surface area contributed by atoms with Gasteiger partial charge in [0.05, 0.1) is 10.9 Å². The zero-order chi connectivity index (χ0) is 18.0. The van der Waals surface area contributed by atoms with Gasteiger partial charge in [0.2, 0.25) is 5.95 Å². The van der Waals surface area contributed by atoms with Gasteiger partial charge in [0, 0.05) is 16.9 Å². The molecule has 1 aliphatic rings. The number of halogens is 1. The number of carbonyl (C=O) groups excluding carboxylic acids is 1. The molecule has 25 heavy (non-hydrogen) atoms. The van der Waals surface area contributed by atoms with E-state index in [1.165, 1.54) is 16.0 Å². The molecule has 1 fully saturated rings. The summed E-state index contributed by atoms with van der Waals surface area (Å²) in [5, 5.41) is 7.68. The maximum atomic E-state index is 12.8. The number of hydrogen-bond donors (Lipinski definition) is 1. The van der Waals surface area contributed by atoms with E-state index in [-0.39, 0.29) is 12.0 Å². The first-order valence-electron chi connectivity index (χ1n) is 8.46. The Labute approximate surface area is 156 Å². The average molecular weight is 383 g/mol. The van der Waals surface area contributed by atoms with E-state index in [2.05, 4.69) is 15.4 Å². The predicted octanol–water partition coefficient (Wildman–Crippen LogP) is 4.53. The number of ether oxygens (including phenoxy) is 1. The van der Waals surface area contributed by atoms with Crippen LogP contribution in [0.25, 0.3) is 0 Å². The van der Waals surface area contributed by atoms with E-state index in [0.29, 0.717) is 24.9 Å². The Hall–Kier alpha value is -1.44. The smallest absolute Gasteiger partial charge is 0.255 e. The van der Waals surface area contributed by atoms with E-state index >= 15 is 0 Å². The fourth-order valence-corrected chi connectivity index (χ4v) is 3.62. The van der Waals surface area contributed by atoms with Crippen molar-refractivity contribution in [1.82, 2.24) is 14.8 Å². The highest BCUT2D eigenvalue weighted by Crippen LogP contribution is 2.28. The van der Waals surface area contributed by atoms with Gasteiger partial charge in [0.15, 0.2) is 5.82 Å². The third kappa shape index (κ3) is 4.40. The van der Waals surface area contributed by atoms with Crippen molar-refractivity contribution in [3.05, 3.63) is 27.2 Å². The van der Waals surface area contributed by atoms with Gasteiger partial charge in [-0.25, -0.2) is 0 Å². The third-order valence-corrected chi connectivity index (χ3v) is 5.21. The highest BCUT2D eigenvalue weighted by atomic mass is 35.5. The van der Waals surface area contributed by atoms with Crippen molar-refractivity contribution in [2.24, 2.45) is 5.41 Å². The quantitative estimate of drug-likeness (QED) is 0.841. The van der Waals surface area contributed by atoms with Crippen LogP contribution in [0.15, 0.2) is 12.1 Å². The molecule has 0 aliphatic carbocycles. The van der Waals surface area contributed by atoms with Crippen LogP contribution < -0.4 is 5.32 Å². The molecule has 0 aromatic carbocycles. The first kappa shape index (κ1) is 18.4. The lowest BCUT2D eigenvalue weighted by Gasteiger charge is -2.19. The topological polar surface area (TPSA) is 69.0 Å². The minimum atomic E-state index is -0.555. The molecular formula is C17H23ClN4O2S. The van der Waals surface area contributed by atoms with E-state index in [9.17, 15) is 4.79 Å². The van der Waals surface area contributed by atoms with Crippen LogP contribution in [-0.4, -0.2) is 27.3 Å². The van der Waals surface area contributed by atoms with Gasteiger partial charge in [-0.3, -0.25) is 4.79 Å². The molecule has 1 unspecified atom stereocenters. The molecule has 6 nitrogen and oxygen atoms in total. The van der Waals surface area contributed by atoms with E-state index in [1.54, 1.807) is 0 Å². The molecule has 0 saturated carbocycles. The van der Waals surface area contributed by atoms with Gasteiger partial charge in [-0.1, -0.05) is 32.4 Å². The molecule has 1 atom stereocenters. The van der Waals surface area contributed by atoms with Crippen LogP contribution in [0.5, 0.6) is 0 Å². The van der Waals surface area contributed by atoms with Gasteiger partial charge in [0.1, 0.15) is 6.10 Å². The highest BCUT2D eigenvalue weighted by molar-refractivity contribution is 7.16. The van der Waals surface area contributed by atoms with E-state index in [0.717, 1.165) is 28.5 Å². The number of aromatic nitrogens is 3. The predicted molar refractivity (Wildman–Crippen MR) is 99.3 cm³/mol. The first-order chi connectivity index (χ1) is 11.8. The number of nitrogens with zero attached hydrogens (tertiary/aromatic N) is 3. The van der Waals surface area contributed by atoms with Gasteiger partial charge in [-0.15, -0.1) is 16.4 Å². The largest absolute Gasteiger partial charge is 0.370 e. The van der Waals surface area contributed by atoms with E-state index in [1.807, 2.05) is 32.9 Å². The maximum absolute atomic E-state index is 12.8. The molecule has 1 saturated heterocycles. The van der Waals surface area contributed by atoms with Crippen molar-refractivity contribution in [3.63, 3.8) is 0 Å². The second-order valence-electron chi connectivity index (χ2n) is 7.18. The van der Waals surface area contributed by atoms with Crippen LogP contribution in [0.3, 0.4) is 0 Å². The summed E-state index contributed by atoms with van der Waals surface area (Å²) in [7, 11) is 0. The molecule has 2 aromatic heterocycles. The summed E-state index contributed by atoms with van der Waals surface area (Å²) in [6.45, 7) is 6.87. The standard InChI is InChI=1S/C17H23ClN4O2S/c1-17(2,3)15(23)22-16(19-10-11-7-8-13(18)25-11)20-14(21-22)12-6-4-5-9-24-12/h7-8,12H,4-6,9-10H2,1-3H3,(H,19,20,21). The van der Waals surface area contributed by atoms with E-state index < -0.39 is 5.41 Å². The third-order valence-electron chi connectivity index (χ3n) is 3.97. The lowest BCUT2D eigenvalue weighted by molar-refractivity contribution is 0.00936. The molecule has 1 aliphatic heterocycles. The van der Waals surface area contributed by atoms with Gasteiger partial charge >= 0.3 is 0 Å². The second kappa shape index (κ2) is 7.43. The fourth-order valence-electron chi connectivity index (χ4n) is 2.60. The maximum Gasteiger partial charge on any atom is 0.255 e. The summed E-state index contributed by atoms with van der Waals surface area (Å²) in [5.74, 6) is 0.923. The van der Waals surface area contributed by atoms with E-state index in [4.69, 9.17) is 16.3 Å². The second-order valence-corrected chi connectivity index (χ2v) is 8.97.